The highest BCUT2D eigenvalue weighted by molar-refractivity contribution is 5.96. The summed E-state index contributed by atoms with van der Waals surface area (Å²) in [6.45, 7) is 1.67. The molecular weight excluding hydrogens is 288 g/mol. The number of fused-ring (bicyclic) bond motifs is 3. The van der Waals surface area contributed by atoms with E-state index in [0.717, 1.165) is 0 Å². The fraction of sp³-hybridized carbons (Fsp3) is 0.235. The number of carbonyl (C=O) groups excluding carboxylic acids is 1. The van der Waals surface area contributed by atoms with E-state index in [1.54, 1.807) is 25.1 Å². The molecule has 114 valence electrons. The molecule has 22 heavy (non-hydrogen) atoms. The Hall–Kier alpha value is -2.27. The van der Waals surface area contributed by atoms with Crippen molar-refractivity contribution in [2.45, 2.75) is 19.0 Å². The molecule has 0 radical (unpaired) electrons. The second-order valence-corrected chi connectivity index (χ2v) is 5.44. The van der Waals surface area contributed by atoms with Gasteiger partial charge in [0.1, 0.15) is 0 Å². The summed E-state index contributed by atoms with van der Waals surface area (Å²) >= 11 is 0. The molecule has 0 aromatic heterocycles. The smallest absolute Gasteiger partial charge is 0.299 e. The zero-order valence-electron chi connectivity index (χ0n) is 11.9. The molecule has 2 aromatic carbocycles. The Morgan fingerprint density at radius 2 is 1.86 bits per heavy atom. The van der Waals surface area contributed by atoms with Crippen LogP contribution in [0.4, 0.5) is 8.78 Å². The van der Waals surface area contributed by atoms with Crippen molar-refractivity contribution in [3.8, 4) is 11.1 Å². The fourth-order valence-corrected chi connectivity index (χ4v) is 2.66. The molecule has 1 unspecified atom stereocenters. The van der Waals surface area contributed by atoms with Gasteiger partial charge in [0.15, 0.2) is 0 Å². The van der Waals surface area contributed by atoms with Crippen LogP contribution in [0.3, 0.4) is 0 Å². The van der Waals surface area contributed by atoms with Gasteiger partial charge in [-0.1, -0.05) is 30.3 Å². The SMILES string of the molecule is CC(O)CNC(=O)c1ccc2c(c1)-c1ccccc1C2(F)F. The van der Waals surface area contributed by atoms with Gasteiger partial charge in [0.2, 0.25) is 0 Å². The van der Waals surface area contributed by atoms with Crippen LogP contribution >= 0.6 is 0 Å². The molecule has 3 rings (SSSR count). The van der Waals surface area contributed by atoms with Crippen LogP contribution in [0, 0.1) is 0 Å². The molecule has 1 aliphatic carbocycles. The Labute approximate surface area is 126 Å². The number of aliphatic hydroxyl groups is 1. The molecule has 0 fully saturated rings. The van der Waals surface area contributed by atoms with Gasteiger partial charge >= 0.3 is 0 Å². The molecular formula is C17H15F2NO2. The number of alkyl halides is 2. The summed E-state index contributed by atoms with van der Waals surface area (Å²) in [4.78, 5) is 12.0. The number of aliphatic hydroxyl groups excluding tert-OH is 1. The lowest BCUT2D eigenvalue weighted by Crippen LogP contribution is -2.30. The van der Waals surface area contributed by atoms with E-state index in [1.807, 2.05) is 0 Å². The summed E-state index contributed by atoms with van der Waals surface area (Å²) in [6, 6.07) is 10.5. The first-order valence-corrected chi connectivity index (χ1v) is 6.99. The van der Waals surface area contributed by atoms with Crippen LogP contribution in [0.2, 0.25) is 0 Å². The van der Waals surface area contributed by atoms with Crippen LogP contribution in [-0.2, 0) is 5.92 Å². The predicted molar refractivity (Wildman–Crippen MR) is 78.9 cm³/mol. The van der Waals surface area contributed by atoms with Crippen molar-refractivity contribution in [3.63, 3.8) is 0 Å². The highest BCUT2D eigenvalue weighted by atomic mass is 19.3. The fourth-order valence-electron chi connectivity index (χ4n) is 2.66. The van der Waals surface area contributed by atoms with E-state index in [2.05, 4.69) is 5.32 Å². The zero-order valence-corrected chi connectivity index (χ0v) is 11.9. The number of hydrogen-bond acceptors (Lipinski definition) is 2. The van der Waals surface area contributed by atoms with Gasteiger partial charge in [-0.25, -0.2) is 0 Å². The normalized spacial score (nSPS) is 15.8. The van der Waals surface area contributed by atoms with E-state index in [4.69, 9.17) is 0 Å². The first-order chi connectivity index (χ1) is 10.4. The van der Waals surface area contributed by atoms with Gasteiger partial charge in [0, 0.05) is 23.2 Å². The summed E-state index contributed by atoms with van der Waals surface area (Å²) in [6.07, 6.45) is -0.663. The lowest BCUT2D eigenvalue weighted by Gasteiger charge is -2.12. The summed E-state index contributed by atoms with van der Waals surface area (Å²) in [5.74, 6) is -3.43. The summed E-state index contributed by atoms with van der Waals surface area (Å²) < 4.78 is 28.8. The van der Waals surface area contributed by atoms with Gasteiger partial charge in [-0.15, -0.1) is 0 Å². The molecule has 0 spiro atoms. The molecule has 0 heterocycles. The zero-order chi connectivity index (χ0) is 15.9. The van der Waals surface area contributed by atoms with Crippen molar-refractivity contribution in [3.05, 3.63) is 59.2 Å². The van der Waals surface area contributed by atoms with E-state index in [1.165, 1.54) is 24.3 Å². The van der Waals surface area contributed by atoms with Crippen LogP contribution in [0.5, 0.6) is 0 Å². The minimum Gasteiger partial charge on any atom is -0.392 e. The third-order valence-corrected chi connectivity index (χ3v) is 3.73. The Bertz CT molecular complexity index is 741. The summed E-state index contributed by atoms with van der Waals surface area (Å²) in [5, 5.41) is 11.7. The molecule has 0 bridgehead atoms. The highest BCUT2D eigenvalue weighted by Crippen LogP contribution is 2.50. The van der Waals surface area contributed by atoms with E-state index in [-0.39, 0.29) is 17.7 Å². The van der Waals surface area contributed by atoms with Crippen molar-refractivity contribution < 1.29 is 18.7 Å². The maximum Gasteiger partial charge on any atom is 0.299 e. The molecule has 2 aromatic rings. The minimum absolute atomic E-state index is 0.0356. The van der Waals surface area contributed by atoms with E-state index < -0.39 is 17.9 Å². The summed E-state index contributed by atoms with van der Waals surface area (Å²) in [5.41, 5.74) is 1.01. The Morgan fingerprint density at radius 3 is 2.59 bits per heavy atom. The average Bonchev–Trinajstić information content (AvgIpc) is 2.73. The first-order valence-electron chi connectivity index (χ1n) is 6.99. The van der Waals surface area contributed by atoms with Crippen LogP contribution in [0.1, 0.15) is 28.4 Å². The van der Waals surface area contributed by atoms with Crippen LogP contribution in [0.25, 0.3) is 11.1 Å². The minimum atomic E-state index is -3.04. The van der Waals surface area contributed by atoms with Crippen molar-refractivity contribution in [1.29, 1.82) is 0 Å². The molecule has 2 N–H and O–H groups in total. The third kappa shape index (κ3) is 2.27. The lowest BCUT2D eigenvalue weighted by atomic mass is 10.0. The van der Waals surface area contributed by atoms with Gasteiger partial charge in [-0.05, 0) is 30.2 Å². The molecule has 1 atom stereocenters. The van der Waals surface area contributed by atoms with Crippen molar-refractivity contribution in [2.24, 2.45) is 0 Å². The Kier molecular flexibility index (Phi) is 3.45. The topological polar surface area (TPSA) is 49.3 Å². The molecule has 1 amide bonds. The van der Waals surface area contributed by atoms with Crippen LogP contribution < -0.4 is 5.32 Å². The molecule has 3 nitrogen and oxygen atoms in total. The number of rotatable bonds is 3. The number of benzene rings is 2. The Morgan fingerprint density at radius 1 is 1.18 bits per heavy atom. The maximum absolute atomic E-state index is 14.4. The standard InChI is InChI=1S/C17H15F2NO2/c1-10(21)9-20-16(22)11-6-7-15-13(8-11)12-4-2-3-5-14(12)17(15,18)19/h2-8,10,21H,9H2,1H3,(H,20,22). The molecule has 0 saturated carbocycles. The number of hydrogen-bond donors (Lipinski definition) is 2. The maximum atomic E-state index is 14.4. The van der Waals surface area contributed by atoms with Crippen molar-refractivity contribution in [1.82, 2.24) is 5.32 Å². The van der Waals surface area contributed by atoms with Gasteiger partial charge in [-0.3, -0.25) is 4.79 Å². The van der Waals surface area contributed by atoms with Gasteiger partial charge in [0.05, 0.1) is 6.10 Å². The second kappa shape index (κ2) is 5.18. The predicted octanol–water partition coefficient (Wildman–Crippen LogP) is 2.92. The number of carbonyl (C=O) groups is 1. The molecule has 1 aliphatic rings. The molecule has 5 heteroatoms. The van der Waals surface area contributed by atoms with Crippen LogP contribution in [0.15, 0.2) is 42.5 Å². The van der Waals surface area contributed by atoms with E-state index in [9.17, 15) is 18.7 Å². The Balaban J connectivity index is 2.01. The number of amides is 1. The van der Waals surface area contributed by atoms with E-state index >= 15 is 0 Å². The lowest BCUT2D eigenvalue weighted by molar-refractivity contribution is 0.0479. The largest absolute Gasteiger partial charge is 0.392 e. The summed E-state index contributed by atoms with van der Waals surface area (Å²) in [7, 11) is 0. The quantitative estimate of drug-likeness (QED) is 0.916. The first kappa shape index (κ1) is 14.7. The van der Waals surface area contributed by atoms with E-state index in [0.29, 0.717) is 16.7 Å². The van der Waals surface area contributed by atoms with Gasteiger partial charge in [-0.2, -0.15) is 8.78 Å². The molecule has 0 aliphatic heterocycles. The van der Waals surface area contributed by atoms with Crippen LogP contribution in [-0.4, -0.2) is 23.7 Å². The highest BCUT2D eigenvalue weighted by Gasteiger charge is 2.44. The number of halogens is 2. The third-order valence-electron chi connectivity index (χ3n) is 3.73. The average molecular weight is 303 g/mol. The van der Waals surface area contributed by atoms with Crippen molar-refractivity contribution in [2.75, 3.05) is 6.54 Å². The number of nitrogens with one attached hydrogen (secondary N) is 1. The monoisotopic (exact) mass is 303 g/mol. The van der Waals surface area contributed by atoms with Crippen molar-refractivity contribution >= 4 is 5.91 Å². The second-order valence-electron chi connectivity index (χ2n) is 5.44. The molecule has 0 saturated heterocycles. The van der Waals surface area contributed by atoms with Gasteiger partial charge < -0.3 is 10.4 Å². The van der Waals surface area contributed by atoms with Gasteiger partial charge in [0.25, 0.3) is 11.8 Å².